The highest BCUT2D eigenvalue weighted by Crippen LogP contribution is 2.36. The number of phenolic OH excluding ortho intramolecular Hbond substituents is 2. The zero-order valence-corrected chi connectivity index (χ0v) is 8.51. The molecule has 78 valence electrons. The van der Waals surface area contributed by atoms with Crippen LogP contribution in [0.2, 0.25) is 0 Å². The number of rotatable bonds is 0. The fourth-order valence-corrected chi connectivity index (χ4v) is 2.12. The Labute approximate surface area is 92.4 Å². The standard InChI is InChI=1S/C14H10O2/c15-12-7-3-4-9-8-13(16)10-5-1-2-6-11(10)14(9)12/h1-8,15-16H. The first kappa shape index (κ1) is 9.04. The lowest BCUT2D eigenvalue weighted by molar-refractivity contribution is 0.480. The third-order valence-electron chi connectivity index (χ3n) is 2.84. The third kappa shape index (κ3) is 1.13. The maximum atomic E-state index is 9.88. The summed E-state index contributed by atoms with van der Waals surface area (Å²) in [6, 6.07) is 14.5. The molecule has 0 saturated heterocycles. The highest BCUT2D eigenvalue weighted by atomic mass is 16.3. The molecule has 0 saturated carbocycles. The van der Waals surface area contributed by atoms with Crippen LogP contribution in [-0.4, -0.2) is 10.2 Å². The summed E-state index contributed by atoms with van der Waals surface area (Å²) in [6.45, 7) is 0. The second-order valence-corrected chi connectivity index (χ2v) is 3.82. The first-order valence-electron chi connectivity index (χ1n) is 5.10. The van der Waals surface area contributed by atoms with Gasteiger partial charge in [0.25, 0.3) is 0 Å². The van der Waals surface area contributed by atoms with E-state index in [1.54, 1.807) is 18.2 Å². The molecule has 2 N–H and O–H groups in total. The number of hydrogen-bond acceptors (Lipinski definition) is 2. The van der Waals surface area contributed by atoms with Crippen molar-refractivity contribution in [2.75, 3.05) is 0 Å². The second-order valence-electron chi connectivity index (χ2n) is 3.82. The lowest BCUT2D eigenvalue weighted by Gasteiger charge is -2.07. The average molecular weight is 210 g/mol. The molecule has 0 aromatic heterocycles. The van der Waals surface area contributed by atoms with Crippen molar-refractivity contribution < 1.29 is 10.2 Å². The van der Waals surface area contributed by atoms with Crippen molar-refractivity contribution in [3.05, 3.63) is 48.5 Å². The first-order chi connectivity index (χ1) is 7.77. The molecule has 3 aromatic carbocycles. The van der Waals surface area contributed by atoms with E-state index in [4.69, 9.17) is 0 Å². The maximum Gasteiger partial charge on any atom is 0.124 e. The molecular weight excluding hydrogens is 200 g/mol. The van der Waals surface area contributed by atoms with Gasteiger partial charge in [0, 0.05) is 10.8 Å². The smallest absolute Gasteiger partial charge is 0.124 e. The Hall–Kier alpha value is -2.22. The molecule has 0 aliphatic rings. The van der Waals surface area contributed by atoms with Gasteiger partial charge in [-0.3, -0.25) is 0 Å². The summed E-state index contributed by atoms with van der Waals surface area (Å²) >= 11 is 0. The van der Waals surface area contributed by atoms with Gasteiger partial charge in [0.2, 0.25) is 0 Å². The van der Waals surface area contributed by atoms with Crippen LogP contribution in [0.25, 0.3) is 21.5 Å². The van der Waals surface area contributed by atoms with Gasteiger partial charge in [0.05, 0.1) is 0 Å². The van der Waals surface area contributed by atoms with Crippen molar-refractivity contribution in [2.24, 2.45) is 0 Å². The molecule has 16 heavy (non-hydrogen) atoms. The maximum absolute atomic E-state index is 9.88. The number of benzene rings is 3. The average Bonchev–Trinajstić information content (AvgIpc) is 2.29. The molecule has 0 heterocycles. The van der Waals surface area contributed by atoms with E-state index in [2.05, 4.69) is 0 Å². The van der Waals surface area contributed by atoms with Crippen molar-refractivity contribution >= 4 is 21.5 Å². The number of fused-ring (bicyclic) bond motifs is 3. The minimum atomic E-state index is 0.244. The van der Waals surface area contributed by atoms with Gasteiger partial charge in [-0.1, -0.05) is 36.4 Å². The van der Waals surface area contributed by atoms with Crippen molar-refractivity contribution in [3.63, 3.8) is 0 Å². The number of hydrogen-bond donors (Lipinski definition) is 2. The fraction of sp³-hybridized carbons (Fsp3) is 0. The molecule has 3 aromatic rings. The molecule has 3 rings (SSSR count). The van der Waals surface area contributed by atoms with E-state index in [0.29, 0.717) is 0 Å². The minimum absolute atomic E-state index is 0.244. The molecule has 0 atom stereocenters. The topological polar surface area (TPSA) is 40.5 Å². The number of aromatic hydroxyl groups is 2. The summed E-state index contributed by atoms with van der Waals surface area (Å²) in [4.78, 5) is 0. The van der Waals surface area contributed by atoms with Crippen molar-refractivity contribution in [1.82, 2.24) is 0 Å². The van der Waals surface area contributed by atoms with Gasteiger partial charge in [-0.2, -0.15) is 0 Å². The lowest BCUT2D eigenvalue weighted by Crippen LogP contribution is -1.79. The van der Waals surface area contributed by atoms with Crippen LogP contribution in [-0.2, 0) is 0 Å². The van der Waals surface area contributed by atoms with E-state index in [9.17, 15) is 10.2 Å². The summed E-state index contributed by atoms with van der Waals surface area (Å²) in [5.41, 5.74) is 0. The summed E-state index contributed by atoms with van der Waals surface area (Å²) in [5, 5.41) is 23.0. The van der Waals surface area contributed by atoms with Crippen molar-refractivity contribution in [1.29, 1.82) is 0 Å². The second kappa shape index (κ2) is 3.14. The van der Waals surface area contributed by atoms with E-state index in [-0.39, 0.29) is 11.5 Å². The highest BCUT2D eigenvalue weighted by Gasteiger charge is 2.07. The van der Waals surface area contributed by atoms with Crippen LogP contribution in [0.15, 0.2) is 48.5 Å². The fourth-order valence-electron chi connectivity index (χ4n) is 2.12. The lowest BCUT2D eigenvalue weighted by atomic mass is 10.0. The quantitative estimate of drug-likeness (QED) is 0.558. The van der Waals surface area contributed by atoms with Gasteiger partial charge < -0.3 is 10.2 Å². The van der Waals surface area contributed by atoms with Crippen LogP contribution in [0.5, 0.6) is 11.5 Å². The highest BCUT2D eigenvalue weighted by molar-refractivity contribution is 6.12. The van der Waals surface area contributed by atoms with E-state index >= 15 is 0 Å². The van der Waals surface area contributed by atoms with E-state index in [1.807, 2.05) is 30.3 Å². The third-order valence-corrected chi connectivity index (χ3v) is 2.84. The molecule has 2 nitrogen and oxygen atoms in total. The van der Waals surface area contributed by atoms with Gasteiger partial charge >= 0.3 is 0 Å². The van der Waals surface area contributed by atoms with Gasteiger partial charge in [-0.05, 0) is 22.9 Å². The largest absolute Gasteiger partial charge is 0.507 e. The Balaban J connectivity index is 2.67. The molecule has 0 aliphatic heterocycles. The molecule has 0 amide bonds. The molecule has 0 aliphatic carbocycles. The molecule has 0 fully saturated rings. The van der Waals surface area contributed by atoms with Crippen LogP contribution in [0.1, 0.15) is 0 Å². The Bertz CT molecular complexity index is 687. The molecular formula is C14H10O2. The van der Waals surface area contributed by atoms with Gasteiger partial charge in [0.1, 0.15) is 11.5 Å². The van der Waals surface area contributed by atoms with Crippen LogP contribution >= 0.6 is 0 Å². The molecule has 0 radical (unpaired) electrons. The van der Waals surface area contributed by atoms with E-state index in [1.165, 1.54) is 0 Å². The minimum Gasteiger partial charge on any atom is -0.507 e. The van der Waals surface area contributed by atoms with Crippen LogP contribution in [0.3, 0.4) is 0 Å². The molecule has 0 spiro atoms. The van der Waals surface area contributed by atoms with Gasteiger partial charge in [-0.15, -0.1) is 0 Å². The van der Waals surface area contributed by atoms with Gasteiger partial charge in [0.15, 0.2) is 0 Å². The van der Waals surface area contributed by atoms with Crippen molar-refractivity contribution in [2.45, 2.75) is 0 Å². The zero-order chi connectivity index (χ0) is 11.1. The van der Waals surface area contributed by atoms with E-state index in [0.717, 1.165) is 21.5 Å². The Morgan fingerprint density at radius 1 is 0.688 bits per heavy atom. The number of phenols is 2. The zero-order valence-electron chi connectivity index (χ0n) is 8.51. The summed E-state index contributed by atoms with van der Waals surface area (Å²) < 4.78 is 0. The predicted octanol–water partition coefficient (Wildman–Crippen LogP) is 3.40. The summed E-state index contributed by atoms with van der Waals surface area (Å²) in [5.74, 6) is 0.488. The Morgan fingerprint density at radius 3 is 2.25 bits per heavy atom. The predicted molar refractivity (Wildman–Crippen MR) is 64.8 cm³/mol. The Kier molecular flexibility index (Phi) is 1.77. The normalized spacial score (nSPS) is 11.0. The summed E-state index contributed by atoms with van der Waals surface area (Å²) in [6.07, 6.45) is 0. The van der Waals surface area contributed by atoms with Crippen LogP contribution in [0.4, 0.5) is 0 Å². The molecule has 0 bridgehead atoms. The Morgan fingerprint density at radius 2 is 1.44 bits per heavy atom. The summed E-state index contributed by atoms with van der Waals surface area (Å²) in [7, 11) is 0. The first-order valence-corrected chi connectivity index (χ1v) is 5.10. The molecule has 2 heteroatoms. The van der Waals surface area contributed by atoms with Crippen molar-refractivity contribution in [3.8, 4) is 11.5 Å². The van der Waals surface area contributed by atoms with E-state index < -0.39 is 0 Å². The van der Waals surface area contributed by atoms with Crippen LogP contribution < -0.4 is 0 Å². The van der Waals surface area contributed by atoms with Gasteiger partial charge in [-0.25, -0.2) is 0 Å². The SMILES string of the molecule is Oc1cc2cccc(O)c2c2ccccc12. The molecule has 0 unspecified atom stereocenters. The monoisotopic (exact) mass is 210 g/mol. The van der Waals surface area contributed by atoms with Crippen LogP contribution in [0, 0.1) is 0 Å².